The van der Waals surface area contributed by atoms with E-state index in [-0.39, 0.29) is 22.8 Å². The van der Waals surface area contributed by atoms with Crippen molar-refractivity contribution < 1.29 is 29.0 Å². The van der Waals surface area contributed by atoms with Crippen LogP contribution < -0.4 is 20.1 Å². The van der Waals surface area contributed by atoms with Crippen molar-refractivity contribution in [2.75, 3.05) is 58.4 Å². The van der Waals surface area contributed by atoms with Gasteiger partial charge in [0.15, 0.2) is 11.5 Å². The standard InChI is InChI=1S/C32H40N4O6/c1-6-33-30(37)25-19-21(32(2,3)4)20-26(29(25)40-5)34-31(38)28(35-39)24-11-12-27(23-10-8-7-9-22(23)24)42-18-15-36-13-16-41-17-14-36/h7-12,19-20,39H,6,13-18H2,1-5H3,(H,33,37)(H,34,38)/b35-28-. The highest BCUT2D eigenvalue weighted by Gasteiger charge is 2.26. The number of hydrogen-bond donors (Lipinski definition) is 3. The van der Waals surface area contributed by atoms with Gasteiger partial charge in [-0.25, -0.2) is 0 Å². The molecule has 0 bridgehead atoms. The summed E-state index contributed by atoms with van der Waals surface area (Å²) in [7, 11) is 1.44. The highest BCUT2D eigenvalue weighted by Crippen LogP contribution is 2.36. The molecule has 0 spiro atoms. The van der Waals surface area contributed by atoms with Gasteiger partial charge in [0.1, 0.15) is 12.4 Å². The molecule has 1 aliphatic rings. The maximum atomic E-state index is 13.7. The van der Waals surface area contributed by atoms with Gasteiger partial charge in [0.05, 0.1) is 31.6 Å². The molecule has 0 radical (unpaired) electrons. The molecule has 1 heterocycles. The topological polar surface area (TPSA) is 122 Å². The monoisotopic (exact) mass is 576 g/mol. The number of nitrogens with one attached hydrogen (secondary N) is 2. The average Bonchev–Trinajstić information content (AvgIpc) is 2.98. The van der Waals surface area contributed by atoms with Gasteiger partial charge >= 0.3 is 0 Å². The zero-order chi connectivity index (χ0) is 30.3. The Morgan fingerprint density at radius 3 is 2.40 bits per heavy atom. The zero-order valence-electron chi connectivity index (χ0n) is 25.0. The number of nitrogens with zero attached hydrogens (tertiary/aromatic N) is 2. The Kier molecular flexibility index (Phi) is 10.0. The Morgan fingerprint density at radius 2 is 1.76 bits per heavy atom. The van der Waals surface area contributed by atoms with Gasteiger partial charge in [-0.15, -0.1) is 0 Å². The third-order valence-corrected chi connectivity index (χ3v) is 7.21. The smallest absolute Gasteiger partial charge is 0.278 e. The van der Waals surface area contributed by atoms with Crippen LogP contribution in [-0.2, 0) is 14.9 Å². The molecule has 1 aliphatic heterocycles. The first kappa shape index (κ1) is 30.8. The van der Waals surface area contributed by atoms with E-state index in [1.54, 1.807) is 24.3 Å². The Bertz CT molecular complexity index is 1460. The molecule has 2 amide bonds. The number of carbonyl (C=O) groups is 2. The minimum Gasteiger partial charge on any atom is -0.494 e. The fourth-order valence-electron chi connectivity index (χ4n) is 4.92. The van der Waals surface area contributed by atoms with Gasteiger partial charge in [0.25, 0.3) is 11.8 Å². The molecule has 1 fully saturated rings. The molecule has 3 aromatic carbocycles. The number of hydrogen-bond acceptors (Lipinski definition) is 8. The Labute approximate surface area is 246 Å². The molecule has 42 heavy (non-hydrogen) atoms. The summed E-state index contributed by atoms with van der Waals surface area (Å²) in [6.07, 6.45) is 0. The lowest BCUT2D eigenvalue weighted by atomic mass is 9.85. The molecule has 3 aromatic rings. The van der Waals surface area contributed by atoms with Gasteiger partial charge in [0, 0.05) is 37.1 Å². The van der Waals surface area contributed by atoms with Gasteiger partial charge < -0.3 is 30.1 Å². The van der Waals surface area contributed by atoms with Crippen LogP contribution in [0.3, 0.4) is 0 Å². The van der Waals surface area contributed by atoms with E-state index in [1.165, 1.54) is 7.11 Å². The molecule has 0 saturated carbocycles. The first-order valence-corrected chi connectivity index (χ1v) is 14.2. The highest BCUT2D eigenvalue weighted by molar-refractivity contribution is 6.50. The van der Waals surface area contributed by atoms with Crippen molar-refractivity contribution in [1.82, 2.24) is 10.2 Å². The van der Waals surface area contributed by atoms with Crippen molar-refractivity contribution in [2.45, 2.75) is 33.1 Å². The van der Waals surface area contributed by atoms with Crippen LogP contribution in [0, 0.1) is 0 Å². The molecule has 0 aliphatic carbocycles. The SMILES string of the molecule is CCNC(=O)c1cc(C(C)(C)C)cc(NC(=O)/C(=N\O)c2ccc(OCCN3CCOCC3)c3ccccc23)c1OC. The van der Waals surface area contributed by atoms with Crippen LogP contribution in [0.5, 0.6) is 11.5 Å². The molecular formula is C32H40N4O6. The van der Waals surface area contributed by atoms with E-state index >= 15 is 0 Å². The van der Waals surface area contributed by atoms with E-state index in [0.717, 1.165) is 43.8 Å². The van der Waals surface area contributed by atoms with E-state index in [0.29, 0.717) is 41.1 Å². The summed E-state index contributed by atoms with van der Waals surface area (Å²) in [6, 6.07) is 14.5. The summed E-state index contributed by atoms with van der Waals surface area (Å²) in [5.74, 6) is -0.0862. The number of oxime groups is 1. The van der Waals surface area contributed by atoms with Crippen molar-refractivity contribution in [1.29, 1.82) is 0 Å². The molecular weight excluding hydrogens is 536 g/mol. The summed E-state index contributed by atoms with van der Waals surface area (Å²) in [4.78, 5) is 28.9. The molecule has 10 nitrogen and oxygen atoms in total. The van der Waals surface area contributed by atoms with Gasteiger partial charge in [-0.05, 0) is 47.6 Å². The van der Waals surface area contributed by atoms with Gasteiger partial charge in [-0.3, -0.25) is 14.5 Å². The van der Waals surface area contributed by atoms with Crippen LogP contribution in [0.4, 0.5) is 5.69 Å². The number of rotatable bonds is 10. The predicted octanol–water partition coefficient (Wildman–Crippen LogP) is 4.42. The molecule has 0 aromatic heterocycles. The number of ether oxygens (including phenoxy) is 3. The van der Waals surface area contributed by atoms with E-state index in [1.807, 2.05) is 52.0 Å². The van der Waals surface area contributed by atoms with Gasteiger partial charge in [-0.2, -0.15) is 0 Å². The molecule has 224 valence electrons. The van der Waals surface area contributed by atoms with Crippen molar-refractivity contribution in [3.05, 3.63) is 65.2 Å². The Hall–Kier alpha value is -4.15. The van der Waals surface area contributed by atoms with Crippen molar-refractivity contribution in [3.8, 4) is 11.5 Å². The largest absolute Gasteiger partial charge is 0.494 e. The minimum absolute atomic E-state index is 0.186. The van der Waals surface area contributed by atoms with Crippen LogP contribution in [0.1, 0.15) is 49.2 Å². The van der Waals surface area contributed by atoms with Crippen molar-refractivity contribution in [3.63, 3.8) is 0 Å². The third-order valence-electron chi connectivity index (χ3n) is 7.21. The fourth-order valence-corrected chi connectivity index (χ4v) is 4.92. The maximum Gasteiger partial charge on any atom is 0.278 e. The number of anilines is 1. The quantitative estimate of drug-likeness (QED) is 0.186. The van der Waals surface area contributed by atoms with Crippen LogP contribution in [0.2, 0.25) is 0 Å². The van der Waals surface area contributed by atoms with Crippen LogP contribution >= 0.6 is 0 Å². The number of fused-ring (bicyclic) bond motifs is 1. The second-order valence-electron chi connectivity index (χ2n) is 11.1. The number of benzene rings is 3. The lowest BCUT2D eigenvalue weighted by Crippen LogP contribution is -2.38. The van der Waals surface area contributed by atoms with Crippen molar-refractivity contribution >= 4 is 34.0 Å². The molecule has 4 rings (SSSR count). The summed E-state index contributed by atoms with van der Waals surface area (Å²) in [5.41, 5.74) is 1.34. The summed E-state index contributed by atoms with van der Waals surface area (Å²) in [6.45, 7) is 12.8. The number of morpholine rings is 1. The lowest BCUT2D eigenvalue weighted by Gasteiger charge is -2.26. The second-order valence-corrected chi connectivity index (χ2v) is 11.1. The highest BCUT2D eigenvalue weighted by atomic mass is 16.5. The predicted molar refractivity (Wildman–Crippen MR) is 163 cm³/mol. The summed E-state index contributed by atoms with van der Waals surface area (Å²) >= 11 is 0. The first-order chi connectivity index (χ1) is 20.2. The van der Waals surface area contributed by atoms with Crippen LogP contribution in [-0.4, -0.2) is 80.7 Å². The first-order valence-electron chi connectivity index (χ1n) is 14.2. The summed E-state index contributed by atoms with van der Waals surface area (Å²) in [5, 5.41) is 20.6. The number of amides is 2. The average molecular weight is 577 g/mol. The molecule has 0 atom stereocenters. The number of carbonyl (C=O) groups excluding carboxylic acids is 2. The molecule has 3 N–H and O–H groups in total. The molecule has 1 saturated heterocycles. The van der Waals surface area contributed by atoms with Crippen LogP contribution in [0.15, 0.2) is 53.7 Å². The normalized spacial score (nSPS) is 14.5. The van der Waals surface area contributed by atoms with E-state index in [4.69, 9.17) is 14.2 Å². The Morgan fingerprint density at radius 1 is 1.05 bits per heavy atom. The lowest BCUT2D eigenvalue weighted by molar-refractivity contribution is -0.110. The second kappa shape index (κ2) is 13.7. The van der Waals surface area contributed by atoms with E-state index < -0.39 is 5.91 Å². The zero-order valence-corrected chi connectivity index (χ0v) is 25.0. The third kappa shape index (κ3) is 7.00. The van der Waals surface area contributed by atoms with Crippen molar-refractivity contribution in [2.24, 2.45) is 5.16 Å². The van der Waals surface area contributed by atoms with Crippen LogP contribution in [0.25, 0.3) is 10.8 Å². The maximum absolute atomic E-state index is 13.7. The number of methoxy groups -OCH3 is 1. The fraction of sp³-hybridized carbons (Fsp3) is 0.406. The van der Waals surface area contributed by atoms with E-state index in [9.17, 15) is 14.8 Å². The van der Waals surface area contributed by atoms with Gasteiger partial charge in [0.2, 0.25) is 0 Å². The molecule has 10 heteroatoms. The minimum atomic E-state index is -0.658. The summed E-state index contributed by atoms with van der Waals surface area (Å²) < 4.78 is 17.1. The van der Waals surface area contributed by atoms with Gasteiger partial charge in [-0.1, -0.05) is 50.2 Å². The Balaban J connectivity index is 1.64. The molecule has 0 unspecified atom stereocenters. The van der Waals surface area contributed by atoms with E-state index in [2.05, 4.69) is 20.7 Å².